The van der Waals surface area contributed by atoms with Crippen molar-refractivity contribution in [3.8, 4) is 0 Å². The zero-order valence-electron chi connectivity index (χ0n) is 9.35. The van der Waals surface area contributed by atoms with Gasteiger partial charge >= 0.3 is 0 Å². The number of rotatable bonds is 4. The molecule has 3 N–H and O–H groups in total. The third kappa shape index (κ3) is 3.41. The summed E-state index contributed by atoms with van der Waals surface area (Å²) in [5.74, 6) is 1.01. The van der Waals surface area contributed by atoms with Gasteiger partial charge in [-0.05, 0) is 51.7 Å². The molecule has 2 rings (SSSR count). The molecule has 4 nitrogen and oxygen atoms in total. The summed E-state index contributed by atoms with van der Waals surface area (Å²) in [5.41, 5.74) is 6.88. The molecule has 90 valence electrons. The van der Waals surface area contributed by atoms with Crippen LogP contribution in [0.4, 0.5) is 11.8 Å². The van der Waals surface area contributed by atoms with Gasteiger partial charge in [-0.3, -0.25) is 0 Å². The molecule has 0 aliphatic rings. The van der Waals surface area contributed by atoms with Crippen LogP contribution in [0.15, 0.2) is 27.5 Å². The molecule has 0 aromatic carbocycles. The largest absolute Gasteiger partial charge is 0.368 e. The minimum atomic E-state index is 0.276. The van der Waals surface area contributed by atoms with Crippen molar-refractivity contribution in [3.63, 3.8) is 0 Å². The molecule has 2 heterocycles. The lowest BCUT2D eigenvalue weighted by atomic mass is 10.1. The lowest BCUT2D eigenvalue weighted by molar-refractivity contribution is 0.785. The summed E-state index contributed by atoms with van der Waals surface area (Å²) in [4.78, 5) is 8.06. The fourth-order valence-electron chi connectivity index (χ4n) is 1.53. The van der Waals surface area contributed by atoms with E-state index in [1.807, 2.05) is 0 Å². The summed E-state index contributed by atoms with van der Waals surface area (Å²) in [6.45, 7) is 2.11. The van der Waals surface area contributed by atoms with Gasteiger partial charge in [0.2, 0.25) is 5.95 Å². The fraction of sp³-hybridized carbons (Fsp3) is 0.273. The maximum atomic E-state index is 5.56. The van der Waals surface area contributed by atoms with Gasteiger partial charge in [0.25, 0.3) is 0 Å². The van der Waals surface area contributed by atoms with Gasteiger partial charge in [-0.1, -0.05) is 0 Å². The molecule has 0 bridgehead atoms. The van der Waals surface area contributed by atoms with Crippen molar-refractivity contribution >= 4 is 39.0 Å². The predicted molar refractivity (Wildman–Crippen MR) is 75.3 cm³/mol. The fourth-order valence-corrected chi connectivity index (χ4v) is 2.52. The van der Waals surface area contributed by atoms with Gasteiger partial charge in [0.05, 0.1) is 4.47 Å². The summed E-state index contributed by atoms with van der Waals surface area (Å²) in [5, 5.41) is 7.55. The Morgan fingerprint density at radius 2 is 2.41 bits per heavy atom. The second kappa shape index (κ2) is 5.46. The molecule has 0 spiro atoms. The summed E-state index contributed by atoms with van der Waals surface area (Å²) in [6, 6.07) is 2.42. The smallest absolute Gasteiger partial charge is 0.221 e. The molecule has 0 aliphatic heterocycles. The van der Waals surface area contributed by atoms with Crippen molar-refractivity contribution < 1.29 is 0 Å². The molecular weight excluding hydrogens is 300 g/mol. The molecule has 0 saturated heterocycles. The van der Waals surface area contributed by atoms with Crippen molar-refractivity contribution in [1.82, 2.24) is 9.97 Å². The third-order valence-electron chi connectivity index (χ3n) is 2.27. The number of hydrogen-bond acceptors (Lipinski definition) is 5. The van der Waals surface area contributed by atoms with E-state index in [0.29, 0.717) is 0 Å². The van der Waals surface area contributed by atoms with E-state index in [1.165, 1.54) is 5.56 Å². The van der Waals surface area contributed by atoms with Crippen LogP contribution in [0, 0.1) is 0 Å². The van der Waals surface area contributed by atoms with Crippen LogP contribution in [0.3, 0.4) is 0 Å². The maximum Gasteiger partial charge on any atom is 0.221 e. The zero-order chi connectivity index (χ0) is 12.3. The first-order valence-electron chi connectivity index (χ1n) is 5.21. The molecule has 1 unspecified atom stereocenters. The number of nitrogen functional groups attached to an aromatic ring is 1. The zero-order valence-corrected chi connectivity index (χ0v) is 11.8. The maximum absolute atomic E-state index is 5.56. The Morgan fingerprint density at radius 3 is 3.12 bits per heavy atom. The lowest BCUT2D eigenvalue weighted by Crippen LogP contribution is -2.19. The van der Waals surface area contributed by atoms with Crippen molar-refractivity contribution in [2.45, 2.75) is 19.4 Å². The number of nitrogens with two attached hydrogens (primary N) is 1. The Labute approximate surface area is 112 Å². The van der Waals surface area contributed by atoms with Gasteiger partial charge in [-0.2, -0.15) is 16.3 Å². The molecule has 17 heavy (non-hydrogen) atoms. The molecule has 1 atom stereocenters. The number of nitrogens with one attached hydrogen (secondary N) is 1. The van der Waals surface area contributed by atoms with Crippen LogP contribution in [0.25, 0.3) is 0 Å². The molecular formula is C11H13BrN4S. The van der Waals surface area contributed by atoms with Crippen LogP contribution >= 0.6 is 27.3 Å². The highest BCUT2D eigenvalue weighted by Gasteiger charge is 2.08. The minimum absolute atomic E-state index is 0.276. The Hall–Kier alpha value is -1.14. The van der Waals surface area contributed by atoms with Crippen molar-refractivity contribution in [2.24, 2.45) is 0 Å². The van der Waals surface area contributed by atoms with Crippen LogP contribution in [0.1, 0.15) is 12.5 Å². The van der Waals surface area contributed by atoms with Crippen molar-refractivity contribution in [3.05, 3.63) is 33.1 Å². The number of thiophene rings is 1. The first-order chi connectivity index (χ1) is 8.15. The van der Waals surface area contributed by atoms with E-state index in [4.69, 9.17) is 5.73 Å². The lowest BCUT2D eigenvalue weighted by Gasteiger charge is -2.14. The Bertz CT molecular complexity index is 486. The van der Waals surface area contributed by atoms with Gasteiger partial charge in [-0.25, -0.2) is 4.98 Å². The van der Waals surface area contributed by atoms with E-state index < -0.39 is 0 Å². The third-order valence-corrected chi connectivity index (χ3v) is 3.58. The molecule has 0 saturated carbocycles. The van der Waals surface area contributed by atoms with E-state index in [1.54, 1.807) is 17.5 Å². The summed E-state index contributed by atoms with van der Waals surface area (Å²) in [6.07, 6.45) is 2.61. The number of halogens is 1. The molecule has 0 aliphatic carbocycles. The van der Waals surface area contributed by atoms with E-state index in [9.17, 15) is 0 Å². The van der Waals surface area contributed by atoms with Gasteiger partial charge < -0.3 is 11.1 Å². The van der Waals surface area contributed by atoms with Crippen LogP contribution in [-0.4, -0.2) is 16.0 Å². The summed E-state index contributed by atoms with van der Waals surface area (Å²) in [7, 11) is 0. The standard InChI is InChI=1S/C11H13BrN4S/c1-7(4-8-2-3-17-6-8)15-10-9(12)5-14-11(13)16-10/h2-3,5-7H,4H2,1H3,(H3,13,14,15,16). The molecule has 0 fully saturated rings. The van der Waals surface area contributed by atoms with Gasteiger partial charge in [0, 0.05) is 12.2 Å². The highest BCUT2D eigenvalue weighted by atomic mass is 79.9. The summed E-state index contributed by atoms with van der Waals surface area (Å²) < 4.78 is 0.823. The summed E-state index contributed by atoms with van der Waals surface area (Å²) >= 11 is 5.11. The van der Waals surface area contributed by atoms with E-state index in [-0.39, 0.29) is 12.0 Å². The second-order valence-corrected chi connectivity index (χ2v) is 5.44. The van der Waals surface area contributed by atoms with E-state index in [0.717, 1.165) is 16.7 Å². The normalized spacial score (nSPS) is 12.4. The predicted octanol–water partition coefficient (Wildman–Crippen LogP) is 2.93. The van der Waals surface area contributed by atoms with E-state index >= 15 is 0 Å². The number of anilines is 2. The average Bonchev–Trinajstić information content (AvgIpc) is 2.76. The van der Waals surface area contributed by atoms with Crippen LogP contribution < -0.4 is 11.1 Å². The molecule has 0 amide bonds. The first-order valence-corrected chi connectivity index (χ1v) is 6.94. The molecule has 6 heteroatoms. The second-order valence-electron chi connectivity index (χ2n) is 3.81. The van der Waals surface area contributed by atoms with Gasteiger partial charge in [0.1, 0.15) is 5.82 Å². The minimum Gasteiger partial charge on any atom is -0.368 e. The van der Waals surface area contributed by atoms with Crippen molar-refractivity contribution in [1.29, 1.82) is 0 Å². The Balaban J connectivity index is 2.02. The highest BCUT2D eigenvalue weighted by Crippen LogP contribution is 2.21. The molecule has 0 radical (unpaired) electrons. The topological polar surface area (TPSA) is 63.8 Å². The van der Waals surface area contributed by atoms with Crippen LogP contribution in [0.5, 0.6) is 0 Å². The molecule has 2 aromatic heterocycles. The highest BCUT2D eigenvalue weighted by molar-refractivity contribution is 9.10. The number of nitrogens with zero attached hydrogens (tertiary/aromatic N) is 2. The van der Waals surface area contributed by atoms with Crippen LogP contribution in [0.2, 0.25) is 0 Å². The van der Waals surface area contributed by atoms with Gasteiger partial charge in [0.15, 0.2) is 0 Å². The average molecular weight is 313 g/mol. The van der Waals surface area contributed by atoms with E-state index in [2.05, 4.69) is 55.0 Å². The Kier molecular flexibility index (Phi) is 3.96. The number of aromatic nitrogens is 2. The quantitative estimate of drug-likeness (QED) is 0.911. The monoisotopic (exact) mass is 312 g/mol. The van der Waals surface area contributed by atoms with Crippen LogP contribution in [-0.2, 0) is 6.42 Å². The SMILES string of the molecule is CC(Cc1ccsc1)Nc1nc(N)ncc1Br. The number of hydrogen-bond donors (Lipinski definition) is 2. The molecule has 2 aromatic rings. The first kappa shape index (κ1) is 12.3. The van der Waals surface area contributed by atoms with Gasteiger partial charge in [-0.15, -0.1) is 0 Å². The van der Waals surface area contributed by atoms with Crippen molar-refractivity contribution in [2.75, 3.05) is 11.1 Å². The Morgan fingerprint density at radius 1 is 1.59 bits per heavy atom.